The number of rotatable bonds is 4. The minimum Gasteiger partial charge on any atom is -0.348 e. The van der Waals surface area contributed by atoms with Gasteiger partial charge in [0.1, 0.15) is 0 Å². The largest absolute Gasteiger partial charge is 0.348 e. The molecular weight excluding hydrogens is 274 g/mol. The summed E-state index contributed by atoms with van der Waals surface area (Å²) < 4.78 is 13.6. The number of aryl methyl sites for hydroxylation is 2. The molecule has 0 spiro atoms. The smallest absolute Gasteiger partial charge is 0.194 e. The molecule has 0 amide bonds. The van der Waals surface area contributed by atoms with Gasteiger partial charge in [0.15, 0.2) is 10.7 Å². The Morgan fingerprint density at radius 1 is 1.50 bits per heavy atom. The van der Waals surface area contributed by atoms with Crippen molar-refractivity contribution in [2.24, 2.45) is 0 Å². The summed E-state index contributed by atoms with van der Waals surface area (Å²) in [4.78, 5) is 5.66. The number of nitrogens with zero attached hydrogens (tertiary/aromatic N) is 2. The first-order valence-electron chi connectivity index (χ1n) is 6.91. The number of ether oxygens (including phenoxy) is 2. The molecule has 110 valence electrons. The Morgan fingerprint density at radius 3 is 3.00 bits per heavy atom. The highest BCUT2D eigenvalue weighted by Gasteiger charge is 2.32. The first-order chi connectivity index (χ1) is 9.46. The van der Waals surface area contributed by atoms with Crippen molar-refractivity contribution in [3.8, 4) is 0 Å². The van der Waals surface area contributed by atoms with Gasteiger partial charge in [-0.1, -0.05) is 0 Å². The summed E-state index contributed by atoms with van der Waals surface area (Å²) in [7, 11) is 0. The summed E-state index contributed by atoms with van der Waals surface area (Å²) in [5, 5.41) is 5.60. The average Bonchev–Trinajstić information content (AvgIpc) is 2.98. The molecule has 1 N–H and O–H groups in total. The normalized spacial score (nSPS) is 21.9. The fourth-order valence-electron chi connectivity index (χ4n) is 2.59. The zero-order chi connectivity index (χ0) is 14.3. The third-order valence-electron chi connectivity index (χ3n) is 3.56. The first-order valence-corrected chi connectivity index (χ1v) is 7.79. The van der Waals surface area contributed by atoms with Crippen LogP contribution in [0.1, 0.15) is 30.9 Å². The van der Waals surface area contributed by atoms with Gasteiger partial charge in [-0.05, 0) is 27.7 Å². The molecule has 5 nitrogen and oxygen atoms in total. The van der Waals surface area contributed by atoms with Gasteiger partial charge in [0, 0.05) is 24.2 Å². The Balaban J connectivity index is 1.63. The van der Waals surface area contributed by atoms with E-state index in [9.17, 15) is 0 Å². The van der Waals surface area contributed by atoms with E-state index in [0.29, 0.717) is 6.61 Å². The number of fused-ring (bicyclic) bond motifs is 1. The SMILES string of the molecule is Cc1nc2scc(C)n2c1CNCC1COC(C)(C)O1. The van der Waals surface area contributed by atoms with Crippen molar-refractivity contribution in [2.45, 2.75) is 46.1 Å². The van der Waals surface area contributed by atoms with Crippen molar-refractivity contribution < 1.29 is 9.47 Å². The van der Waals surface area contributed by atoms with E-state index in [2.05, 4.69) is 33.9 Å². The Labute approximate surface area is 122 Å². The lowest BCUT2D eigenvalue weighted by Gasteiger charge is -2.17. The minimum absolute atomic E-state index is 0.122. The summed E-state index contributed by atoms with van der Waals surface area (Å²) in [6.07, 6.45) is 0.122. The molecule has 0 bridgehead atoms. The maximum atomic E-state index is 5.79. The van der Waals surface area contributed by atoms with Crippen molar-refractivity contribution in [3.05, 3.63) is 22.5 Å². The summed E-state index contributed by atoms with van der Waals surface area (Å²) >= 11 is 1.69. The van der Waals surface area contributed by atoms with E-state index in [4.69, 9.17) is 9.47 Å². The molecule has 0 aromatic carbocycles. The molecule has 0 radical (unpaired) electrons. The van der Waals surface area contributed by atoms with Crippen LogP contribution in [0.4, 0.5) is 0 Å². The highest BCUT2D eigenvalue weighted by atomic mass is 32.1. The zero-order valence-electron chi connectivity index (χ0n) is 12.4. The van der Waals surface area contributed by atoms with Crippen LogP contribution in [-0.2, 0) is 16.0 Å². The van der Waals surface area contributed by atoms with E-state index in [1.165, 1.54) is 11.4 Å². The molecule has 1 fully saturated rings. The standard InChI is InChI=1S/C14H21N3O2S/c1-9-8-20-13-16-10(2)12(17(9)13)6-15-5-11-7-18-14(3,4)19-11/h8,11,15H,5-7H2,1-4H3. The number of nitrogens with one attached hydrogen (secondary N) is 1. The molecule has 1 saturated heterocycles. The Morgan fingerprint density at radius 2 is 2.30 bits per heavy atom. The maximum absolute atomic E-state index is 5.79. The summed E-state index contributed by atoms with van der Waals surface area (Å²) in [6.45, 7) is 10.3. The van der Waals surface area contributed by atoms with Crippen LogP contribution in [0.25, 0.3) is 4.96 Å². The van der Waals surface area contributed by atoms with Gasteiger partial charge in [-0.15, -0.1) is 11.3 Å². The maximum Gasteiger partial charge on any atom is 0.194 e. The molecule has 3 heterocycles. The molecule has 1 atom stereocenters. The summed E-state index contributed by atoms with van der Waals surface area (Å²) in [5.41, 5.74) is 3.57. The fraction of sp³-hybridized carbons (Fsp3) is 0.643. The highest BCUT2D eigenvalue weighted by molar-refractivity contribution is 7.15. The Hall–Kier alpha value is -0.950. The van der Waals surface area contributed by atoms with Gasteiger partial charge >= 0.3 is 0 Å². The van der Waals surface area contributed by atoms with Crippen LogP contribution in [0.5, 0.6) is 0 Å². The van der Waals surface area contributed by atoms with E-state index >= 15 is 0 Å². The number of hydrogen-bond donors (Lipinski definition) is 1. The van der Waals surface area contributed by atoms with Gasteiger partial charge in [0.2, 0.25) is 0 Å². The van der Waals surface area contributed by atoms with Gasteiger partial charge in [-0.25, -0.2) is 4.98 Å². The van der Waals surface area contributed by atoms with Crippen LogP contribution in [-0.4, -0.2) is 34.4 Å². The lowest BCUT2D eigenvalue weighted by Crippen LogP contribution is -2.30. The van der Waals surface area contributed by atoms with Crippen LogP contribution in [0, 0.1) is 13.8 Å². The molecule has 2 aromatic heterocycles. The predicted octanol–water partition coefficient (Wildman–Crippen LogP) is 2.25. The quantitative estimate of drug-likeness (QED) is 0.940. The van der Waals surface area contributed by atoms with Crippen LogP contribution < -0.4 is 5.32 Å². The number of aromatic nitrogens is 2. The third kappa shape index (κ3) is 2.61. The second-order valence-electron chi connectivity index (χ2n) is 5.72. The number of imidazole rings is 1. The second-order valence-corrected chi connectivity index (χ2v) is 6.56. The van der Waals surface area contributed by atoms with Crippen molar-refractivity contribution in [1.82, 2.24) is 14.7 Å². The fourth-order valence-corrected chi connectivity index (χ4v) is 3.52. The highest BCUT2D eigenvalue weighted by Crippen LogP contribution is 2.22. The molecule has 0 aliphatic carbocycles. The first kappa shape index (κ1) is 14.0. The van der Waals surface area contributed by atoms with Gasteiger partial charge in [0.05, 0.1) is 24.1 Å². The lowest BCUT2D eigenvalue weighted by molar-refractivity contribution is -0.137. The van der Waals surface area contributed by atoms with Crippen LogP contribution in [0.2, 0.25) is 0 Å². The molecule has 0 saturated carbocycles. The van der Waals surface area contributed by atoms with Crippen LogP contribution >= 0.6 is 11.3 Å². The summed E-state index contributed by atoms with van der Waals surface area (Å²) in [6, 6.07) is 0. The van der Waals surface area contributed by atoms with Gasteiger partial charge in [-0.3, -0.25) is 4.40 Å². The monoisotopic (exact) mass is 295 g/mol. The van der Waals surface area contributed by atoms with E-state index < -0.39 is 5.79 Å². The lowest BCUT2D eigenvalue weighted by atomic mass is 10.3. The zero-order valence-corrected chi connectivity index (χ0v) is 13.2. The van der Waals surface area contributed by atoms with E-state index in [1.807, 2.05) is 13.8 Å². The van der Waals surface area contributed by atoms with Crippen LogP contribution in [0.15, 0.2) is 5.38 Å². The van der Waals surface area contributed by atoms with Crippen molar-refractivity contribution in [1.29, 1.82) is 0 Å². The second kappa shape index (κ2) is 5.11. The average molecular weight is 295 g/mol. The Kier molecular flexibility index (Phi) is 3.58. The molecule has 2 aromatic rings. The Bertz CT molecular complexity index is 617. The molecule has 1 unspecified atom stereocenters. The number of thiazole rings is 1. The minimum atomic E-state index is -0.448. The number of hydrogen-bond acceptors (Lipinski definition) is 5. The molecule has 3 rings (SSSR count). The van der Waals surface area contributed by atoms with E-state index in [0.717, 1.165) is 23.7 Å². The van der Waals surface area contributed by atoms with Gasteiger partial charge in [0.25, 0.3) is 0 Å². The van der Waals surface area contributed by atoms with Crippen molar-refractivity contribution in [3.63, 3.8) is 0 Å². The summed E-state index contributed by atoms with van der Waals surface area (Å²) in [5.74, 6) is -0.448. The molecule has 1 aliphatic rings. The van der Waals surface area contributed by atoms with E-state index in [-0.39, 0.29) is 6.10 Å². The molecule has 20 heavy (non-hydrogen) atoms. The van der Waals surface area contributed by atoms with Gasteiger partial charge in [-0.2, -0.15) is 0 Å². The van der Waals surface area contributed by atoms with Gasteiger partial charge < -0.3 is 14.8 Å². The third-order valence-corrected chi connectivity index (χ3v) is 4.51. The van der Waals surface area contributed by atoms with Crippen LogP contribution in [0.3, 0.4) is 0 Å². The predicted molar refractivity (Wildman–Crippen MR) is 79.2 cm³/mol. The van der Waals surface area contributed by atoms with Crippen molar-refractivity contribution >= 4 is 16.3 Å². The van der Waals surface area contributed by atoms with E-state index in [1.54, 1.807) is 11.3 Å². The topological polar surface area (TPSA) is 47.8 Å². The van der Waals surface area contributed by atoms with Crippen molar-refractivity contribution in [2.75, 3.05) is 13.2 Å². The molecule has 1 aliphatic heterocycles. The molecule has 6 heteroatoms. The molecular formula is C14H21N3O2S.